The summed E-state index contributed by atoms with van der Waals surface area (Å²) in [6.07, 6.45) is -2.62. The van der Waals surface area contributed by atoms with Crippen LogP contribution in [0.2, 0.25) is 0 Å². The van der Waals surface area contributed by atoms with Gasteiger partial charge in [0.15, 0.2) is 0 Å². The van der Waals surface area contributed by atoms with Crippen molar-refractivity contribution < 1.29 is 18.0 Å². The van der Waals surface area contributed by atoms with Gasteiger partial charge in [-0.25, -0.2) is 4.98 Å². The minimum absolute atomic E-state index is 0.141. The standard InChI is InChI=1S/C20H19F3N6O2/c1-10-4-5-14(16(6-10)26-12(3)30)27-18-13(20(21,22)23)9-25-19(29-18)28-15-7-17(31)24-8-11(15)2/h4-9H,1-3H3,(H,26,30)(H3,24,25,27,28,29,31). The number of nitrogens with zero attached hydrogens (tertiary/aromatic N) is 2. The first-order valence-corrected chi connectivity index (χ1v) is 9.09. The number of carbonyl (C=O) groups is 1. The number of amides is 1. The van der Waals surface area contributed by atoms with Gasteiger partial charge in [0, 0.05) is 25.4 Å². The van der Waals surface area contributed by atoms with Crippen LogP contribution in [0.1, 0.15) is 23.6 Å². The van der Waals surface area contributed by atoms with Gasteiger partial charge in [0.25, 0.3) is 0 Å². The van der Waals surface area contributed by atoms with Gasteiger partial charge < -0.3 is 20.9 Å². The van der Waals surface area contributed by atoms with E-state index in [4.69, 9.17) is 0 Å². The van der Waals surface area contributed by atoms with Crippen LogP contribution in [-0.4, -0.2) is 20.9 Å². The van der Waals surface area contributed by atoms with Crippen molar-refractivity contribution in [3.8, 4) is 0 Å². The highest BCUT2D eigenvalue weighted by Crippen LogP contribution is 2.36. The van der Waals surface area contributed by atoms with E-state index in [1.807, 2.05) is 0 Å². The van der Waals surface area contributed by atoms with E-state index < -0.39 is 23.1 Å². The molecule has 0 saturated carbocycles. The number of nitrogens with one attached hydrogen (secondary N) is 4. The van der Waals surface area contributed by atoms with Crippen LogP contribution >= 0.6 is 0 Å². The van der Waals surface area contributed by atoms with Gasteiger partial charge in [-0.1, -0.05) is 6.07 Å². The molecule has 0 fully saturated rings. The van der Waals surface area contributed by atoms with E-state index in [9.17, 15) is 22.8 Å². The Labute approximate surface area is 174 Å². The first-order chi connectivity index (χ1) is 14.5. The molecule has 2 heterocycles. The summed E-state index contributed by atoms with van der Waals surface area (Å²) in [7, 11) is 0. The van der Waals surface area contributed by atoms with Gasteiger partial charge >= 0.3 is 6.18 Å². The molecule has 3 aromatic rings. The summed E-state index contributed by atoms with van der Waals surface area (Å²) in [6.45, 7) is 4.78. The number of benzene rings is 1. The van der Waals surface area contributed by atoms with E-state index in [1.165, 1.54) is 25.3 Å². The predicted octanol–water partition coefficient (Wildman–Crippen LogP) is 4.25. The Morgan fingerprint density at radius 2 is 1.81 bits per heavy atom. The van der Waals surface area contributed by atoms with Crippen molar-refractivity contribution in [2.24, 2.45) is 0 Å². The summed E-state index contributed by atoms with van der Waals surface area (Å²) < 4.78 is 40.6. The van der Waals surface area contributed by atoms with Gasteiger partial charge in [0.05, 0.1) is 17.1 Å². The summed E-state index contributed by atoms with van der Waals surface area (Å²) in [6, 6.07) is 6.09. The molecular formula is C20H19F3N6O2. The van der Waals surface area contributed by atoms with Crippen molar-refractivity contribution in [2.75, 3.05) is 16.0 Å². The zero-order valence-corrected chi connectivity index (χ0v) is 16.8. The number of H-pyrrole nitrogens is 1. The minimum Gasteiger partial charge on any atom is -0.338 e. The van der Waals surface area contributed by atoms with Crippen LogP contribution in [0.15, 0.2) is 41.5 Å². The molecule has 8 nitrogen and oxygen atoms in total. The van der Waals surface area contributed by atoms with Gasteiger partial charge in [-0.2, -0.15) is 18.2 Å². The Morgan fingerprint density at radius 3 is 2.48 bits per heavy atom. The molecule has 2 aromatic heterocycles. The molecule has 0 bridgehead atoms. The molecular weight excluding hydrogens is 413 g/mol. The highest BCUT2D eigenvalue weighted by atomic mass is 19.4. The smallest absolute Gasteiger partial charge is 0.338 e. The van der Waals surface area contributed by atoms with Crippen molar-refractivity contribution in [3.05, 3.63) is 63.7 Å². The van der Waals surface area contributed by atoms with Crippen LogP contribution in [0.25, 0.3) is 0 Å². The van der Waals surface area contributed by atoms with Gasteiger partial charge in [-0.3, -0.25) is 9.59 Å². The van der Waals surface area contributed by atoms with Gasteiger partial charge in [0.1, 0.15) is 11.4 Å². The average Bonchev–Trinajstić information content (AvgIpc) is 2.66. The first-order valence-electron chi connectivity index (χ1n) is 9.09. The van der Waals surface area contributed by atoms with E-state index in [0.29, 0.717) is 23.1 Å². The Hall–Kier alpha value is -3.89. The lowest BCUT2D eigenvalue weighted by Gasteiger charge is -2.17. The van der Waals surface area contributed by atoms with Gasteiger partial charge in [0.2, 0.25) is 17.4 Å². The fraction of sp³-hybridized carbons (Fsp3) is 0.200. The van der Waals surface area contributed by atoms with Crippen LogP contribution in [-0.2, 0) is 11.0 Å². The maximum atomic E-state index is 13.5. The number of hydrogen-bond donors (Lipinski definition) is 4. The van der Waals surface area contributed by atoms with Crippen molar-refractivity contribution >= 4 is 34.7 Å². The molecule has 0 aliphatic carbocycles. The second-order valence-electron chi connectivity index (χ2n) is 6.83. The molecule has 0 aliphatic heterocycles. The van der Waals surface area contributed by atoms with E-state index in [1.54, 1.807) is 26.0 Å². The lowest BCUT2D eigenvalue weighted by molar-refractivity contribution is -0.137. The van der Waals surface area contributed by atoms with E-state index in [2.05, 4.69) is 30.9 Å². The number of rotatable bonds is 5. The molecule has 0 unspecified atom stereocenters. The Morgan fingerprint density at radius 1 is 1.06 bits per heavy atom. The van der Waals surface area contributed by atoms with Crippen LogP contribution in [0, 0.1) is 13.8 Å². The summed E-state index contributed by atoms with van der Waals surface area (Å²) >= 11 is 0. The second-order valence-corrected chi connectivity index (χ2v) is 6.83. The number of alkyl halides is 3. The fourth-order valence-corrected chi connectivity index (χ4v) is 2.73. The highest BCUT2D eigenvalue weighted by molar-refractivity contribution is 5.93. The SMILES string of the molecule is CC(=O)Nc1cc(C)ccc1Nc1nc(Nc2cc(=O)[nH]cc2C)ncc1C(F)(F)F. The Balaban J connectivity index is 2.04. The number of hydrogen-bond acceptors (Lipinski definition) is 6. The average molecular weight is 432 g/mol. The zero-order valence-electron chi connectivity index (χ0n) is 16.8. The van der Waals surface area contributed by atoms with Crippen LogP contribution < -0.4 is 21.5 Å². The third-order valence-corrected chi connectivity index (χ3v) is 4.21. The number of carbonyl (C=O) groups excluding carboxylic acids is 1. The summed E-state index contributed by atoms with van der Waals surface area (Å²) in [5, 5.41) is 7.97. The monoisotopic (exact) mass is 432 g/mol. The summed E-state index contributed by atoms with van der Waals surface area (Å²) in [4.78, 5) is 33.2. The summed E-state index contributed by atoms with van der Waals surface area (Å²) in [5.41, 5.74) is 0.850. The molecule has 1 aromatic carbocycles. The lowest BCUT2D eigenvalue weighted by atomic mass is 10.1. The number of halogens is 3. The molecule has 1 amide bonds. The van der Waals surface area contributed by atoms with Crippen LogP contribution in [0.5, 0.6) is 0 Å². The maximum absolute atomic E-state index is 13.5. The Bertz CT molecular complexity index is 1190. The minimum atomic E-state index is -4.72. The molecule has 0 aliphatic rings. The van der Waals surface area contributed by atoms with Crippen molar-refractivity contribution in [1.29, 1.82) is 0 Å². The summed E-state index contributed by atoms with van der Waals surface area (Å²) in [5.74, 6) is -1.03. The van der Waals surface area contributed by atoms with Crippen LogP contribution in [0.4, 0.5) is 42.0 Å². The molecule has 3 rings (SSSR count). The molecule has 0 spiro atoms. The normalized spacial score (nSPS) is 11.2. The molecule has 162 valence electrons. The van der Waals surface area contributed by atoms with Crippen molar-refractivity contribution in [3.63, 3.8) is 0 Å². The number of aromatic nitrogens is 3. The fourth-order valence-electron chi connectivity index (χ4n) is 2.73. The predicted molar refractivity (Wildman–Crippen MR) is 111 cm³/mol. The van der Waals surface area contributed by atoms with Crippen molar-refractivity contribution in [1.82, 2.24) is 15.0 Å². The second kappa shape index (κ2) is 8.46. The number of aromatic amines is 1. The number of aryl methyl sites for hydroxylation is 2. The third-order valence-electron chi connectivity index (χ3n) is 4.21. The maximum Gasteiger partial charge on any atom is 0.421 e. The zero-order chi connectivity index (χ0) is 22.8. The first kappa shape index (κ1) is 21.8. The third kappa shape index (κ3) is 5.38. The largest absolute Gasteiger partial charge is 0.421 e. The molecule has 0 saturated heterocycles. The van der Waals surface area contributed by atoms with Gasteiger partial charge in [-0.15, -0.1) is 0 Å². The molecule has 0 radical (unpaired) electrons. The number of pyridine rings is 1. The van der Waals surface area contributed by atoms with Crippen LogP contribution in [0.3, 0.4) is 0 Å². The Kier molecular flexibility index (Phi) is 5.95. The number of anilines is 5. The molecule has 4 N–H and O–H groups in total. The molecule has 0 atom stereocenters. The topological polar surface area (TPSA) is 112 Å². The van der Waals surface area contributed by atoms with E-state index in [-0.39, 0.29) is 17.5 Å². The van der Waals surface area contributed by atoms with E-state index in [0.717, 1.165) is 5.56 Å². The quantitative estimate of drug-likeness (QED) is 0.480. The highest BCUT2D eigenvalue weighted by Gasteiger charge is 2.35. The van der Waals surface area contributed by atoms with E-state index >= 15 is 0 Å². The van der Waals surface area contributed by atoms with Crippen molar-refractivity contribution in [2.45, 2.75) is 26.9 Å². The van der Waals surface area contributed by atoms with Gasteiger partial charge in [-0.05, 0) is 37.1 Å². The molecule has 31 heavy (non-hydrogen) atoms. The molecule has 11 heteroatoms. The lowest BCUT2D eigenvalue weighted by Crippen LogP contribution is -2.14.